The van der Waals surface area contributed by atoms with E-state index < -0.39 is 25.8 Å². The standard InChI is InChI=1S/C16H24N2O5S2/c1-3-12(2)14-4-6-15(7-5-14)25(22,23)18-17-16(19)10-13-8-9-24(20,21)11-13/h4-7,12-13,18H,3,8-11H2,1-2H3,(H,17,19)/t12-,13+/m1/s1. The van der Waals surface area contributed by atoms with E-state index in [4.69, 9.17) is 0 Å². The first-order valence-corrected chi connectivity index (χ1v) is 11.5. The van der Waals surface area contributed by atoms with Crippen LogP contribution in [0.3, 0.4) is 0 Å². The molecule has 0 spiro atoms. The summed E-state index contributed by atoms with van der Waals surface area (Å²) in [4.78, 5) is 14.0. The van der Waals surface area contributed by atoms with Crippen LogP contribution < -0.4 is 10.3 Å². The highest BCUT2D eigenvalue weighted by Crippen LogP contribution is 2.22. The van der Waals surface area contributed by atoms with Crippen molar-refractivity contribution in [2.24, 2.45) is 5.92 Å². The van der Waals surface area contributed by atoms with Crippen molar-refractivity contribution in [2.75, 3.05) is 11.5 Å². The van der Waals surface area contributed by atoms with Gasteiger partial charge in [-0.3, -0.25) is 10.2 Å². The van der Waals surface area contributed by atoms with Crippen molar-refractivity contribution >= 4 is 25.8 Å². The van der Waals surface area contributed by atoms with E-state index in [1.54, 1.807) is 12.1 Å². The second-order valence-electron chi connectivity index (χ2n) is 6.51. The smallest absolute Gasteiger partial charge is 0.257 e. The van der Waals surface area contributed by atoms with Crippen molar-refractivity contribution < 1.29 is 21.6 Å². The fourth-order valence-corrected chi connectivity index (χ4v) is 5.46. The molecule has 25 heavy (non-hydrogen) atoms. The second kappa shape index (κ2) is 7.84. The summed E-state index contributed by atoms with van der Waals surface area (Å²) in [5, 5.41) is 0. The van der Waals surface area contributed by atoms with Crippen LogP contribution in [0.25, 0.3) is 0 Å². The zero-order chi connectivity index (χ0) is 18.7. The molecule has 1 aromatic carbocycles. The minimum atomic E-state index is -3.86. The largest absolute Gasteiger partial charge is 0.278 e. The molecule has 140 valence electrons. The molecule has 1 aliphatic heterocycles. The molecule has 0 aliphatic carbocycles. The normalized spacial score (nSPS) is 21.0. The molecule has 0 radical (unpaired) electrons. The van der Waals surface area contributed by atoms with Crippen LogP contribution in [0.1, 0.15) is 44.6 Å². The summed E-state index contributed by atoms with van der Waals surface area (Å²) in [5.74, 6) is -0.401. The van der Waals surface area contributed by atoms with E-state index in [2.05, 4.69) is 24.1 Å². The lowest BCUT2D eigenvalue weighted by molar-refractivity contribution is -0.122. The molecule has 0 aromatic heterocycles. The molecule has 1 saturated heterocycles. The minimum absolute atomic E-state index is 0.0191. The number of hydrazine groups is 1. The Morgan fingerprint density at radius 2 is 1.92 bits per heavy atom. The predicted octanol–water partition coefficient (Wildman–Crippen LogP) is 1.33. The third-order valence-corrected chi connectivity index (χ3v) is 7.60. The van der Waals surface area contributed by atoms with Crippen LogP contribution in [0.15, 0.2) is 29.2 Å². The van der Waals surface area contributed by atoms with Gasteiger partial charge in [-0.05, 0) is 42.4 Å². The first kappa shape index (κ1) is 19.9. The van der Waals surface area contributed by atoms with Crippen LogP contribution in [0.4, 0.5) is 0 Å². The summed E-state index contributed by atoms with van der Waals surface area (Å²) in [6.07, 6.45) is 1.37. The molecular formula is C16H24N2O5S2. The minimum Gasteiger partial charge on any atom is -0.278 e. The van der Waals surface area contributed by atoms with Crippen LogP contribution >= 0.6 is 0 Å². The molecule has 0 unspecified atom stereocenters. The Bertz CT molecular complexity index is 817. The topological polar surface area (TPSA) is 109 Å². The SMILES string of the molecule is CC[C@@H](C)c1ccc(S(=O)(=O)NNC(=O)C[C@@H]2CCS(=O)(=O)C2)cc1. The molecule has 0 saturated carbocycles. The van der Waals surface area contributed by atoms with E-state index in [1.807, 2.05) is 0 Å². The molecule has 2 atom stereocenters. The zero-order valence-electron chi connectivity index (χ0n) is 14.4. The van der Waals surface area contributed by atoms with Crippen molar-refractivity contribution in [1.82, 2.24) is 10.3 Å². The lowest BCUT2D eigenvalue weighted by Crippen LogP contribution is -2.42. The monoisotopic (exact) mass is 388 g/mol. The first-order valence-electron chi connectivity index (χ1n) is 8.24. The van der Waals surface area contributed by atoms with Gasteiger partial charge in [0.1, 0.15) is 0 Å². The van der Waals surface area contributed by atoms with Gasteiger partial charge in [0.25, 0.3) is 10.0 Å². The predicted molar refractivity (Wildman–Crippen MR) is 95.0 cm³/mol. The molecule has 2 rings (SSSR count). The van der Waals surface area contributed by atoms with E-state index in [9.17, 15) is 21.6 Å². The number of carbonyl (C=O) groups is 1. The Balaban J connectivity index is 1.91. The maximum absolute atomic E-state index is 12.2. The van der Waals surface area contributed by atoms with Gasteiger partial charge in [-0.2, -0.15) is 0 Å². The lowest BCUT2D eigenvalue weighted by Gasteiger charge is -2.12. The van der Waals surface area contributed by atoms with Gasteiger partial charge in [-0.15, -0.1) is 4.83 Å². The van der Waals surface area contributed by atoms with E-state index in [0.717, 1.165) is 12.0 Å². The number of carbonyl (C=O) groups excluding carboxylic acids is 1. The number of hydrogen-bond donors (Lipinski definition) is 2. The quantitative estimate of drug-likeness (QED) is 0.685. The van der Waals surface area contributed by atoms with Gasteiger partial charge < -0.3 is 0 Å². The van der Waals surface area contributed by atoms with Gasteiger partial charge >= 0.3 is 0 Å². The van der Waals surface area contributed by atoms with E-state index in [0.29, 0.717) is 12.3 Å². The fourth-order valence-electron chi connectivity index (χ4n) is 2.74. The highest BCUT2D eigenvalue weighted by Gasteiger charge is 2.29. The maximum Gasteiger partial charge on any atom is 0.257 e. The van der Waals surface area contributed by atoms with Gasteiger partial charge in [0.05, 0.1) is 16.4 Å². The van der Waals surface area contributed by atoms with Crippen LogP contribution in [0.5, 0.6) is 0 Å². The van der Waals surface area contributed by atoms with Crippen LogP contribution in [-0.2, 0) is 24.7 Å². The van der Waals surface area contributed by atoms with Gasteiger partial charge in [0.15, 0.2) is 9.84 Å². The average molecular weight is 389 g/mol. The Morgan fingerprint density at radius 3 is 2.44 bits per heavy atom. The van der Waals surface area contributed by atoms with Crippen molar-refractivity contribution in [1.29, 1.82) is 0 Å². The molecule has 2 N–H and O–H groups in total. The highest BCUT2D eigenvalue weighted by molar-refractivity contribution is 7.91. The number of sulfonamides is 1. The molecule has 1 aromatic rings. The number of nitrogens with one attached hydrogen (secondary N) is 2. The number of rotatable bonds is 7. The van der Waals surface area contributed by atoms with Gasteiger partial charge in [-0.25, -0.2) is 16.8 Å². The Labute approximate surface area is 149 Å². The molecule has 9 heteroatoms. The molecule has 0 bridgehead atoms. The summed E-state index contributed by atoms with van der Waals surface area (Å²) in [5.41, 5.74) is 3.20. The Kier molecular flexibility index (Phi) is 6.23. The summed E-state index contributed by atoms with van der Waals surface area (Å²) < 4.78 is 47.2. The molecular weight excluding hydrogens is 364 g/mol. The van der Waals surface area contributed by atoms with Crippen molar-refractivity contribution in [3.8, 4) is 0 Å². The van der Waals surface area contributed by atoms with E-state index >= 15 is 0 Å². The Morgan fingerprint density at radius 1 is 1.28 bits per heavy atom. The zero-order valence-corrected chi connectivity index (χ0v) is 16.0. The summed E-state index contributed by atoms with van der Waals surface area (Å²) in [7, 11) is -6.92. The van der Waals surface area contributed by atoms with E-state index in [-0.39, 0.29) is 28.7 Å². The van der Waals surface area contributed by atoms with Crippen LogP contribution in [-0.4, -0.2) is 34.2 Å². The van der Waals surface area contributed by atoms with Gasteiger partial charge in [0, 0.05) is 6.42 Å². The summed E-state index contributed by atoms with van der Waals surface area (Å²) in [6, 6.07) is 6.51. The van der Waals surface area contributed by atoms with Crippen molar-refractivity contribution in [3.63, 3.8) is 0 Å². The first-order chi connectivity index (χ1) is 11.6. The lowest BCUT2D eigenvalue weighted by atomic mass is 9.99. The third-order valence-electron chi connectivity index (χ3n) is 4.50. The van der Waals surface area contributed by atoms with Crippen LogP contribution in [0, 0.1) is 5.92 Å². The van der Waals surface area contributed by atoms with Crippen molar-refractivity contribution in [3.05, 3.63) is 29.8 Å². The average Bonchev–Trinajstić information content (AvgIpc) is 2.91. The van der Waals surface area contributed by atoms with Gasteiger partial charge in [0.2, 0.25) is 5.91 Å². The number of sulfone groups is 1. The summed E-state index contributed by atoms with van der Waals surface area (Å²) >= 11 is 0. The van der Waals surface area contributed by atoms with E-state index in [1.165, 1.54) is 12.1 Å². The third kappa shape index (κ3) is 5.52. The second-order valence-corrected chi connectivity index (χ2v) is 10.4. The molecule has 1 amide bonds. The molecule has 7 nitrogen and oxygen atoms in total. The molecule has 1 heterocycles. The molecule has 1 aliphatic rings. The summed E-state index contributed by atoms with van der Waals surface area (Å²) in [6.45, 7) is 4.12. The van der Waals surface area contributed by atoms with Gasteiger partial charge in [-0.1, -0.05) is 26.0 Å². The maximum atomic E-state index is 12.2. The van der Waals surface area contributed by atoms with Crippen LogP contribution in [0.2, 0.25) is 0 Å². The molecule has 1 fully saturated rings. The van der Waals surface area contributed by atoms with Crippen molar-refractivity contribution in [2.45, 2.75) is 43.9 Å². The number of hydrogen-bond acceptors (Lipinski definition) is 5. The highest BCUT2D eigenvalue weighted by atomic mass is 32.2. The Hall–Kier alpha value is -1.45. The number of amides is 1. The number of benzene rings is 1. The fraction of sp³-hybridized carbons (Fsp3) is 0.562.